The van der Waals surface area contributed by atoms with Crippen molar-refractivity contribution in [2.45, 2.75) is 13.0 Å². The smallest absolute Gasteiger partial charge is 0.257 e. The Kier molecular flexibility index (Phi) is 4.24. The van der Waals surface area contributed by atoms with Gasteiger partial charge in [0.2, 0.25) is 0 Å². The molecule has 0 saturated heterocycles. The van der Waals surface area contributed by atoms with Gasteiger partial charge >= 0.3 is 0 Å². The number of nitrogens with zero attached hydrogens (tertiary/aromatic N) is 1. The average molecular weight is 371 g/mol. The van der Waals surface area contributed by atoms with Crippen LogP contribution in [0.3, 0.4) is 0 Å². The van der Waals surface area contributed by atoms with E-state index in [1.165, 1.54) is 11.1 Å². The number of fused-ring (bicyclic) bond motifs is 2. The normalized spacial score (nSPS) is 17.0. The van der Waals surface area contributed by atoms with E-state index < -0.39 is 0 Å². The quantitative estimate of drug-likeness (QED) is 0.837. The molecule has 0 atom stereocenters. The van der Waals surface area contributed by atoms with E-state index in [1.54, 1.807) is 20.3 Å². The maximum absolute atomic E-state index is 12.4. The number of nitrogens with one attached hydrogen (secondary N) is 1. The summed E-state index contributed by atoms with van der Waals surface area (Å²) in [7, 11) is 3.28. The van der Waals surface area contributed by atoms with Crippen molar-refractivity contribution >= 4 is 28.8 Å². The number of anilines is 1. The molecule has 134 valence electrons. The molecule has 5 nitrogen and oxygen atoms in total. The van der Waals surface area contributed by atoms with Gasteiger partial charge in [-0.15, -0.1) is 0 Å². The number of ether oxygens (including phenoxy) is 2. The largest absolute Gasteiger partial charge is 0.493 e. The number of amides is 1. The fraction of sp³-hybridized carbons (Fsp3) is 0.250. The third kappa shape index (κ3) is 2.88. The van der Waals surface area contributed by atoms with E-state index in [-0.39, 0.29) is 5.91 Å². The van der Waals surface area contributed by atoms with Crippen LogP contribution in [0.25, 0.3) is 5.57 Å². The number of carbonyl (C=O) groups excluding carboxylic acids is 1. The molecule has 1 N–H and O–H groups in total. The topological polar surface area (TPSA) is 50.8 Å². The zero-order valence-corrected chi connectivity index (χ0v) is 15.4. The summed E-state index contributed by atoms with van der Waals surface area (Å²) in [6.45, 7) is 1.54. The molecule has 2 aliphatic heterocycles. The Morgan fingerprint density at radius 2 is 1.85 bits per heavy atom. The van der Waals surface area contributed by atoms with Crippen LogP contribution in [0.15, 0.2) is 36.5 Å². The fourth-order valence-corrected chi connectivity index (χ4v) is 3.66. The first-order valence-corrected chi connectivity index (χ1v) is 8.77. The van der Waals surface area contributed by atoms with E-state index in [1.807, 2.05) is 30.5 Å². The van der Waals surface area contributed by atoms with Crippen LogP contribution in [-0.2, 0) is 17.8 Å². The molecular formula is C20H19ClN2O3. The Morgan fingerprint density at radius 3 is 2.58 bits per heavy atom. The summed E-state index contributed by atoms with van der Waals surface area (Å²) in [4.78, 5) is 14.5. The second kappa shape index (κ2) is 6.57. The molecule has 6 heteroatoms. The van der Waals surface area contributed by atoms with E-state index in [2.05, 4.69) is 10.2 Å². The predicted molar refractivity (Wildman–Crippen MR) is 102 cm³/mol. The van der Waals surface area contributed by atoms with Crippen LogP contribution in [0.4, 0.5) is 5.69 Å². The van der Waals surface area contributed by atoms with E-state index in [0.29, 0.717) is 17.1 Å². The Bertz CT molecular complexity index is 924. The molecule has 0 fully saturated rings. The van der Waals surface area contributed by atoms with E-state index in [0.717, 1.165) is 35.7 Å². The minimum atomic E-state index is -0.0969. The maximum Gasteiger partial charge on any atom is 0.257 e. The minimum absolute atomic E-state index is 0.0969. The first-order chi connectivity index (χ1) is 12.6. The number of carbonyl (C=O) groups is 1. The van der Waals surface area contributed by atoms with Crippen molar-refractivity contribution in [3.05, 3.63) is 58.2 Å². The van der Waals surface area contributed by atoms with Gasteiger partial charge in [0.15, 0.2) is 11.5 Å². The van der Waals surface area contributed by atoms with E-state index in [4.69, 9.17) is 21.1 Å². The molecule has 2 heterocycles. The lowest BCUT2D eigenvalue weighted by Gasteiger charge is -2.29. The summed E-state index contributed by atoms with van der Waals surface area (Å²) in [5.41, 5.74) is 4.72. The molecule has 2 aromatic carbocycles. The van der Waals surface area contributed by atoms with Crippen LogP contribution in [0, 0.1) is 0 Å². The number of methoxy groups -OCH3 is 2. The molecule has 0 spiro atoms. The Morgan fingerprint density at radius 1 is 1.12 bits per heavy atom. The van der Waals surface area contributed by atoms with Crippen LogP contribution in [0.1, 0.15) is 16.7 Å². The van der Waals surface area contributed by atoms with Crippen molar-refractivity contribution in [2.24, 2.45) is 0 Å². The second-order valence-corrected chi connectivity index (χ2v) is 6.82. The lowest BCUT2D eigenvalue weighted by molar-refractivity contribution is -0.110. The number of rotatable bonds is 3. The van der Waals surface area contributed by atoms with E-state index in [9.17, 15) is 4.79 Å². The van der Waals surface area contributed by atoms with Gasteiger partial charge in [-0.05, 0) is 47.9 Å². The highest BCUT2D eigenvalue weighted by molar-refractivity contribution is 6.34. The first-order valence-electron chi connectivity index (χ1n) is 8.40. The highest BCUT2D eigenvalue weighted by atomic mass is 35.5. The van der Waals surface area contributed by atoms with Crippen molar-refractivity contribution in [1.29, 1.82) is 0 Å². The average Bonchev–Trinajstić information content (AvgIpc) is 2.95. The molecular weight excluding hydrogens is 352 g/mol. The molecule has 26 heavy (non-hydrogen) atoms. The van der Waals surface area contributed by atoms with Crippen LogP contribution in [0.5, 0.6) is 11.5 Å². The lowest BCUT2D eigenvalue weighted by Crippen LogP contribution is -2.26. The van der Waals surface area contributed by atoms with Crippen LogP contribution in [-0.4, -0.2) is 31.6 Å². The lowest BCUT2D eigenvalue weighted by atomic mass is 9.98. The molecule has 2 aromatic rings. The van der Waals surface area contributed by atoms with Gasteiger partial charge in [0.25, 0.3) is 5.91 Å². The highest BCUT2D eigenvalue weighted by Gasteiger charge is 2.26. The molecule has 0 saturated carbocycles. The Labute approximate surface area is 157 Å². The third-order valence-corrected chi connectivity index (χ3v) is 5.06. The fourth-order valence-electron chi connectivity index (χ4n) is 3.49. The van der Waals surface area contributed by atoms with Crippen molar-refractivity contribution in [1.82, 2.24) is 4.90 Å². The van der Waals surface area contributed by atoms with Crippen molar-refractivity contribution in [2.75, 3.05) is 26.1 Å². The van der Waals surface area contributed by atoms with Gasteiger partial charge in [0.05, 0.1) is 19.8 Å². The van der Waals surface area contributed by atoms with Crippen LogP contribution >= 0.6 is 11.6 Å². The van der Waals surface area contributed by atoms with Gasteiger partial charge in [0.1, 0.15) is 0 Å². The molecule has 0 aliphatic carbocycles. The second-order valence-electron chi connectivity index (χ2n) is 6.38. The molecule has 4 rings (SSSR count). The SMILES string of the molecule is COc1cc2c(cc1OC)CN(/C=C1/C(=O)Nc3ccc(Cl)cc31)CC2. The van der Waals surface area contributed by atoms with Gasteiger partial charge in [-0.25, -0.2) is 0 Å². The van der Waals surface area contributed by atoms with Crippen molar-refractivity contribution in [3.8, 4) is 11.5 Å². The Hall–Kier alpha value is -2.66. The standard InChI is InChI=1S/C20H19ClN2O3/c1-25-18-7-12-5-6-23(10-13(12)8-19(18)26-2)11-16-15-9-14(21)3-4-17(15)22-20(16)24/h3-4,7-9,11H,5-6,10H2,1-2H3,(H,22,24)/b16-11+. The van der Waals surface area contributed by atoms with Gasteiger partial charge in [-0.3, -0.25) is 4.79 Å². The maximum atomic E-state index is 12.4. The van der Waals surface area contributed by atoms with Crippen LogP contribution < -0.4 is 14.8 Å². The molecule has 1 amide bonds. The predicted octanol–water partition coefficient (Wildman–Crippen LogP) is 3.71. The van der Waals surface area contributed by atoms with Gasteiger partial charge in [-0.1, -0.05) is 11.6 Å². The molecule has 0 aromatic heterocycles. The summed E-state index contributed by atoms with van der Waals surface area (Å²) >= 11 is 6.10. The van der Waals surface area contributed by atoms with Gasteiger partial charge in [-0.2, -0.15) is 0 Å². The number of hydrogen-bond donors (Lipinski definition) is 1. The first kappa shape index (κ1) is 16.8. The number of benzene rings is 2. The summed E-state index contributed by atoms with van der Waals surface area (Å²) in [5, 5.41) is 3.51. The zero-order chi connectivity index (χ0) is 18.3. The van der Waals surface area contributed by atoms with E-state index >= 15 is 0 Å². The zero-order valence-electron chi connectivity index (χ0n) is 14.6. The van der Waals surface area contributed by atoms with Crippen molar-refractivity contribution in [3.63, 3.8) is 0 Å². The molecule has 2 aliphatic rings. The van der Waals surface area contributed by atoms with Crippen LogP contribution in [0.2, 0.25) is 5.02 Å². The number of halogens is 1. The summed E-state index contributed by atoms with van der Waals surface area (Å²) in [6, 6.07) is 9.49. The minimum Gasteiger partial charge on any atom is -0.493 e. The van der Waals surface area contributed by atoms with Crippen molar-refractivity contribution < 1.29 is 14.3 Å². The molecule has 0 radical (unpaired) electrons. The summed E-state index contributed by atoms with van der Waals surface area (Å²) in [6.07, 6.45) is 2.81. The molecule has 0 unspecified atom stereocenters. The monoisotopic (exact) mass is 370 g/mol. The number of hydrogen-bond acceptors (Lipinski definition) is 4. The summed E-state index contributed by atoms with van der Waals surface area (Å²) in [5.74, 6) is 1.37. The Balaban J connectivity index is 1.65. The molecule has 0 bridgehead atoms. The summed E-state index contributed by atoms with van der Waals surface area (Å²) < 4.78 is 10.8. The van der Waals surface area contributed by atoms with Gasteiger partial charge < -0.3 is 19.7 Å². The highest BCUT2D eigenvalue weighted by Crippen LogP contribution is 2.36. The third-order valence-electron chi connectivity index (χ3n) is 4.82. The van der Waals surface area contributed by atoms with Gasteiger partial charge in [0, 0.05) is 35.6 Å².